The predicted octanol–water partition coefficient (Wildman–Crippen LogP) is 5.67. The van der Waals surface area contributed by atoms with Gasteiger partial charge in [-0.05, 0) is 17.5 Å². The Morgan fingerprint density at radius 2 is 1.65 bits per heavy atom. The zero-order valence-electron chi connectivity index (χ0n) is 10.6. The number of fused-ring (bicyclic) bond motifs is 1. The van der Waals surface area contributed by atoms with Gasteiger partial charge in [-0.15, -0.1) is 0 Å². The Kier molecular flexibility index (Phi) is 3.70. The minimum absolute atomic E-state index is 0.278. The third-order valence-electron chi connectivity index (χ3n) is 3.15. The highest BCUT2D eigenvalue weighted by Gasteiger charge is 2.11. The average Bonchev–Trinajstić information content (AvgIpc) is 2.49. The Morgan fingerprint density at radius 1 is 0.900 bits per heavy atom. The molecule has 0 saturated heterocycles. The van der Waals surface area contributed by atoms with Gasteiger partial charge < -0.3 is 4.74 Å². The van der Waals surface area contributed by atoms with Gasteiger partial charge in [0.1, 0.15) is 5.75 Å². The Hall–Kier alpha value is -1.87. The van der Waals surface area contributed by atoms with Gasteiger partial charge in [-0.3, -0.25) is 0 Å². The molecule has 20 heavy (non-hydrogen) atoms. The summed E-state index contributed by atoms with van der Waals surface area (Å²) < 4.78 is 19.8. The van der Waals surface area contributed by atoms with Crippen molar-refractivity contribution in [1.82, 2.24) is 0 Å². The molecule has 1 nitrogen and oxygen atoms in total. The fraction of sp³-hybridized carbons (Fsp3) is 0.0588. The number of ether oxygens (including phenoxy) is 1. The van der Waals surface area contributed by atoms with E-state index in [9.17, 15) is 4.39 Å². The largest absolute Gasteiger partial charge is 0.453 e. The van der Waals surface area contributed by atoms with Crippen molar-refractivity contribution in [3.05, 3.63) is 72.0 Å². The standard InChI is InChI=1S/C17H12BrFO/c18-11-13-7-3-9-15(19)17(13)20-16-10-4-6-12-5-1-2-8-14(12)16/h1-10H,11H2. The van der Waals surface area contributed by atoms with E-state index < -0.39 is 0 Å². The lowest BCUT2D eigenvalue weighted by Crippen LogP contribution is -1.93. The zero-order chi connectivity index (χ0) is 13.9. The second kappa shape index (κ2) is 5.63. The molecular formula is C17H12BrFO. The van der Waals surface area contributed by atoms with Crippen LogP contribution in [0, 0.1) is 5.82 Å². The number of hydrogen-bond acceptors (Lipinski definition) is 1. The lowest BCUT2D eigenvalue weighted by Gasteiger charge is -2.12. The summed E-state index contributed by atoms with van der Waals surface area (Å²) in [6.45, 7) is 0. The molecule has 0 fully saturated rings. The highest BCUT2D eigenvalue weighted by molar-refractivity contribution is 9.08. The fourth-order valence-corrected chi connectivity index (χ4v) is 2.61. The first kappa shape index (κ1) is 13.1. The first-order chi connectivity index (χ1) is 9.79. The Morgan fingerprint density at radius 3 is 2.50 bits per heavy atom. The first-order valence-electron chi connectivity index (χ1n) is 6.28. The molecule has 0 bridgehead atoms. The minimum Gasteiger partial charge on any atom is -0.453 e. The third kappa shape index (κ3) is 2.41. The van der Waals surface area contributed by atoms with E-state index in [1.807, 2.05) is 48.5 Å². The molecule has 3 heteroatoms. The molecule has 0 aliphatic rings. The molecule has 0 aliphatic heterocycles. The van der Waals surface area contributed by atoms with Gasteiger partial charge in [0.2, 0.25) is 0 Å². The molecule has 100 valence electrons. The quantitative estimate of drug-likeness (QED) is 0.562. The molecule has 3 aromatic rings. The van der Waals surface area contributed by atoms with Gasteiger partial charge in [0, 0.05) is 16.3 Å². The minimum atomic E-state index is -0.352. The molecule has 0 amide bonds. The van der Waals surface area contributed by atoms with E-state index in [4.69, 9.17) is 4.74 Å². The molecule has 3 rings (SSSR count). The van der Waals surface area contributed by atoms with Gasteiger partial charge in [0.05, 0.1) is 0 Å². The summed E-state index contributed by atoms with van der Waals surface area (Å²) in [4.78, 5) is 0. The number of alkyl halides is 1. The molecule has 0 N–H and O–H groups in total. The maximum atomic E-state index is 14.0. The first-order valence-corrected chi connectivity index (χ1v) is 7.40. The lowest BCUT2D eigenvalue weighted by molar-refractivity contribution is 0.442. The van der Waals surface area contributed by atoms with Crippen LogP contribution in [0.4, 0.5) is 4.39 Å². The average molecular weight is 331 g/mol. The van der Waals surface area contributed by atoms with E-state index in [2.05, 4.69) is 15.9 Å². The van der Waals surface area contributed by atoms with E-state index in [-0.39, 0.29) is 11.6 Å². The van der Waals surface area contributed by atoms with Crippen LogP contribution in [-0.2, 0) is 5.33 Å². The van der Waals surface area contributed by atoms with Crippen LogP contribution < -0.4 is 4.74 Å². The van der Waals surface area contributed by atoms with Gasteiger partial charge in [-0.1, -0.05) is 64.5 Å². The lowest BCUT2D eigenvalue weighted by atomic mass is 10.1. The maximum Gasteiger partial charge on any atom is 0.167 e. The van der Waals surface area contributed by atoms with Crippen LogP contribution in [0.15, 0.2) is 60.7 Å². The van der Waals surface area contributed by atoms with Gasteiger partial charge in [-0.2, -0.15) is 0 Å². The van der Waals surface area contributed by atoms with Crippen LogP contribution in [-0.4, -0.2) is 0 Å². The van der Waals surface area contributed by atoms with Crippen molar-refractivity contribution in [3.8, 4) is 11.5 Å². The summed E-state index contributed by atoms with van der Waals surface area (Å²) in [5.41, 5.74) is 0.790. The Bertz CT molecular complexity index is 750. The highest BCUT2D eigenvalue weighted by Crippen LogP contribution is 2.33. The van der Waals surface area contributed by atoms with Crippen LogP contribution in [0.1, 0.15) is 5.56 Å². The molecule has 0 radical (unpaired) electrons. The van der Waals surface area contributed by atoms with Crippen molar-refractivity contribution >= 4 is 26.7 Å². The summed E-state index contributed by atoms with van der Waals surface area (Å²) in [5, 5.41) is 2.59. The summed E-state index contributed by atoms with van der Waals surface area (Å²) >= 11 is 3.36. The molecule has 0 spiro atoms. The van der Waals surface area contributed by atoms with Crippen molar-refractivity contribution in [3.63, 3.8) is 0 Å². The van der Waals surface area contributed by atoms with E-state index in [1.54, 1.807) is 6.07 Å². The number of rotatable bonds is 3. The van der Waals surface area contributed by atoms with Crippen molar-refractivity contribution in [2.24, 2.45) is 0 Å². The second-order valence-electron chi connectivity index (χ2n) is 4.44. The van der Waals surface area contributed by atoms with E-state index in [0.717, 1.165) is 16.3 Å². The van der Waals surface area contributed by atoms with Crippen molar-refractivity contribution in [1.29, 1.82) is 0 Å². The van der Waals surface area contributed by atoms with E-state index in [1.165, 1.54) is 6.07 Å². The highest BCUT2D eigenvalue weighted by atomic mass is 79.9. The van der Waals surface area contributed by atoms with Gasteiger partial charge in [0.15, 0.2) is 11.6 Å². The fourth-order valence-electron chi connectivity index (χ4n) is 2.17. The molecule has 0 aromatic heterocycles. The van der Waals surface area contributed by atoms with Crippen LogP contribution >= 0.6 is 15.9 Å². The van der Waals surface area contributed by atoms with E-state index >= 15 is 0 Å². The number of para-hydroxylation sites is 1. The molecule has 0 atom stereocenters. The second-order valence-corrected chi connectivity index (χ2v) is 5.00. The van der Waals surface area contributed by atoms with E-state index in [0.29, 0.717) is 11.1 Å². The van der Waals surface area contributed by atoms with Gasteiger partial charge in [0.25, 0.3) is 0 Å². The normalized spacial score (nSPS) is 10.7. The summed E-state index contributed by atoms with van der Waals surface area (Å²) in [5.74, 6) is 0.589. The Balaban J connectivity index is 2.10. The monoisotopic (exact) mass is 330 g/mol. The zero-order valence-corrected chi connectivity index (χ0v) is 12.2. The third-order valence-corrected chi connectivity index (χ3v) is 3.76. The van der Waals surface area contributed by atoms with Crippen LogP contribution in [0.3, 0.4) is 0 Å². The molecule has 3 aromatic carbocycles. The van der Waals surface area contributed by atoms with Gasteiger partial charge in [-0.25, -0.2) is 4.39 Å². The summed E-state index contributed by atoms with van der Waals surface area (Å²) in [6.07, 6.45) is 0. The number of hydrogen-bond donors (Lipinski definition) is 0. The topological polar surface area (TPSA) is 9.23 Å². The number of benzene rings is 3. The van der Waals surface area contributed by atoms with Crippen LogP contribution in [0.5, 0.6) is 11.5 Å². The van der Waals surface area contributed by atoms with Crippen molar-refractivity contribution < 1.29 is 9.13 Å². The van der Waals surface area contributed by atoms with Crippen LogP contribution in [0.25, 0.3) is 10.8 Å². The Labute approximate surface area is 125 Å². The summed E-state index contributed by atoms with van der Waals surface area (Å²) in [7, 11) is 0. The van der Waals surface area contributed by atoms with Crippen molar-refractivity contribution in [2.75, 3.05) is 0 Å². The van der Waals surface area contributed by atoms with Gasteiger partial charge >= 0.3 is 0 Å². The SMILES string of the molecule is Fc1cccc(CBr)c1Oc1cccc2ccccc12. The molecular weight excluding hydrogens is 319 g/mol. The maximum absolute atomic E-state index is 14.0. The van der Waals surface area contributed by atoms with Crippen molar-refractivity contribution in [2.45, 2.75) is 5.33 Å². The molecule has 0 saturated carbocycles. The van der Waals surface area contributed by atoms with Crippen LogP contribution in [0.2, 0.25) is 0 Å². The smallest absolute Gasteiger partial charge is 0.167 e. The molecule has 0 aliphatic carbocycles. The predicted molar refractivity (Wildman–Crippen MR) is 83.1 cm³/mol. The number of halogens is 2. The summed E-state index contributed by atoms with van der Waals surface area (Å²) in [6, 6.07) is 18.6. The molecule has 0 unspecified atom stereocenters. The molecule has 0 heterocycles.